The predicted octanol–water partition coefficient (Wildman–Crippen LogP) is 5.53. The zero-order valence-electron chi connectivity index (χ0n) is 12.7. The lowest BCUT2D eigenvalue weighted by Gasteiger charge is -2.08. The summed E-state index contributed by atoms with van der Waals surface area (Å²) in [6.45, 7) is 2.75. The van der Waals surface area contributed by atoms with E-state index in [-0.39, 0.29) is 11.6 Å². The topological polar surface area (TPSA) is 81.2 Å². The fraction of sp³-hybridized carbons (Fsp3) is 0.188. The average Bonchev–Trinajstić information content (AvgIpc) is 2.96. The zero-order valence-corrected chi connectivity index (χ0v) is 14.2. The van der Waals surface area contributed by atoms with Gasteiger partial charge in [0.2, 0.25) is 5.89 Å². The van der Waals surface area contributed by atoms with Gasteiger partial charge in [0.25, 0.3) is 5.69 Å². The number of nitro groups is 1. The Bertz CT molecular complexity index is 924. The molecule has 0 bridgehead atoms. The van der Waals surface area contributed by atoms with E-state index in [9.17, 15) is 10.1 Å². The van der Waals surface area contributed by atoms with Crippen LogP contribution in [0.3, 0.4) is 0 Å². The van der Waals surface area contributed by atoms with Crippen LogP contribution in [0.2, 0.25) is 10.0 Å². The highest BCUT2D eigenvalue weighted by molar-refractivity contribution is 6.38. The van der Waals surface area contributed by atoms with Crippen molar-refractivity contribution in [2.45, 2.75) is 13.3 Å². The zero-order chi connectivity index (χ0) is 17.3. The molecule has 0 saturated heterocycles. The molecule has 2 aromatic carbocycles. The van der Waals surface area contributed by atoms with Gasteiger partial charge in [-0.3, -0.25) is 10.1 Å². The lowest BCUT2D eigenvalue weighted by molar-refractivity contribution is -0.384. The third-order valence-corrected chi connectivity index (χ3v) is 3.92. The van der Waals surface area contributed by atoms with Crippen LogP contribution in [0.4, 0.5) is 11.4 Å². The highest BCUT2D eigenvalue weighted by Crippen LogP contribution is 2.36. The van der Waals surface area contributed by atoms with Crippen molar-refractivity contribution in [2.75, 3.05) is 11.9 Å². The van der Waals surface area contributed by atoms with Gasteiger partial charge < -0.3 is 9.73 Å². The molecule has 0 saturated carbocycles. The lowest BCUT2D eigenvalue weighted by Crippen LogP contribution is -2.02. The number of aromatic nitrogens is 1. The fourth-order valence-electron chi connectivity index (χ4n) is 2.31. The quantitative estimate of drug-likeness (QED) is 0.474. The number of nitrogens with one attached hydrogen (secondary N) is 1. The molecule has 0 fully saturated rings. The van der Waals surface area contributed by atoms with Gasteiger partial charge in [-0.05, 0) is 24.6 Å². The molecule has 0 aliphatic heterocycles. The van der Waals surface area contributed by atoms with Gasteiger partial charge in [0, 0.05) is 29.4 Å². The molecule has 6 nitrogen and oxygen atoms in total. The number of nitrogens with zero attached hydrogens (tertiary/aromatic N) is 2. The molecule has 0 atom stereocenters. The van der Waals surface area contributed by atoms with Gasteiger partial charge in [-0.2, -0.15) is 0 Å². The van der Waals surface area contributed by atoms with Crippen LogP contribution in [-0.4, -0.2) is 16.5 Å². The number of nitro benzene ring substituents is 1. The number of hydrogen-bond acceptors (Lipinski definition) is 5. The Hall–Kier alpha value is -2.31. The third kappa shape index (κ3) is 3.16. The van der Waals surface area contributed by atoms with Crippen molar-refractivity contribution in [2.24, 2.45) is 0 Å². The molecule has 24 heavy (non-hydrogen) atoms. The number of halogens is 2. The Morgan fingerprint density at radius 2 is 2.08 bits per heavy atom. The summed E-state index contributed by atoms with van der Waals surface area (Å²) < 4.78 is 5.73. The van der Waals surface area contributed by atoms with Crippen LogP contribution < -0.4 is 5.32 Å². The normalized spacial score (nSPS) is 11.0. The van der Waals surface area contributed by atoms with Crippen LogP contribution >= 0.6 is 23.2 Å². The summed E-state index contributed by atoms with van der Waals surface area (Å²) in [6.07, 6.45) is 0.908. The van der Waals surface area contributed by atoms with E-state index in [0.29, 0.717) is 32.4 Å². The first-order chi connectivity index (χ1) is 11.5. The largest absolute Gasteiger partial charge is 0.434 e. The van der Waals surface area contributed by atoms with E-state index in [1.807, 2.05) is 6.92 Å². The Balaban J connectivity index is 2.17. The van der Waals surface area contributed by atoms with Gasteiger partial charge in [-0.1, -0.05) is 30.1 Å². The molecule has 3 aromatic rings. The van der Waals surface area contributed by atoms with Crippen LogP contribution in [0.5, 0.6) is 0 Å². The molecule has 0 spiro atoms. The molecule has 0 aliphatic rings. The van der Waals surface area contributed by atoms with Crippen molar-refractivity contribution in [3.63, 3.8) is 0 Å². The number of rotatable bonds is 5. The molecular formula is C16H13Cl2N3O3. The smallest absolute Gasteiger partial charge is 0.270 e. The van der Waals surface area contributed by atoms with Crippen molar-refractivity contribution >= 4 is 45.7 Å². The molecule has 1 heterocycles. The van der Waals surface area contributed by atoms with Crippen molar-refractivity contribution in [1.29, 1.82) is 0 Å². The van der Waals surface area contributed by atoms with E-state index in [2.05, 4.69) is 10.3 Å². The van der Waals surface area contributed by atoms with E-state index >= 15 is 0 Å². The maximum Gasteiger partial charge on any atom is 0.270 e. The van der Waals surface area contributed by atoms with E-state index in [1.54, 1.807) is 18.2 Å². The van der Waals surface area contributed by atoms with Crippen LogP contribution in [0, 0.1) is 10.1 Å². The van der Waals surface area contributed by atoms with Crippen LogP contribution in [0.25, 0.3) is 22.6 Å². The Labute approximate surface area is 147 Å². The number of hydrogen-bond donors (Lipinski definition) is 1. The molecule has 0 unspecified atom stereocenters. The standard InChI is InChI=1S/C16H13Cl2N3O3/c1-2-5-19-13-4-3-10(21(22)23)8-11(13)16-20-14-7-9(17)6-12(18)15(14)24-16/h3-4,6-8,19H,2,5H2,1H3. The Morgan fingerprint density at radius 3 is 2.79 bits per heavy atom. The van der Waals surface area contributed by atoms with Gasteiger partial charge in [-0.15, -0.1) is 0 Å². The number of non-ortho nitro benzene ring substituents is 1. The van der Waals surface area contributed by atoms with Crippen molar-refractivity contribution in [3.8, 4) is 11.5 Å². The Kier molecular flexibility index (Phi) is 4.59. The molecule has 124 valence electrons. The number of oxazole rings is 1. The molecule has 0 radical (unpaired) electrons. The minimum absolute atomic E-state index is 0.0431. The van der Waals surface area contributed by atoms with Crippen molar-refractivity contribution < 1.29 is 9.34 Å². The molecule has 0 aliphatic carbocycles. The van der Waals surface area contributed by atoms with Gasteiger partial charge >= 0.3 is 0 Å². The first-order valence-electron chi connectivity index (χ1n) is 7.28. The minimum atomic E-state index is -0.459. The summed E-state index contributed by atoms with van der Waals surface area (Å²) in [5, 5.41) is 15.1. The SMILES string of the molecule is CCCNc1ccc([N+](=O)[O-])cc1-c1nc2cc(Cl)cc(Cl)c2o1. The molecular weight excluding hydrogens is 353 g/mol. The molecule has 3 rings (SSSR count). The molecule has 0 amide bonds. The van der Waals surface area contributed by atoms with Crippen LogP contribution in [-0.2, 0) is 0 Å². The second-order valence-electron chi connectivity index (χ2n) is 5.17. The molecule has 8 heteroatoms. The predicted molar refractivity (Wildman–Crippen MR) is 94.9 cm³/mol. The summed E-state index contributed by atoms with van der Waals surface area (Å²) in [5.41, 5.74) is 2.05. The summed E-state index contributed by atoms with van der Waals surface area (Å²) in [5.74, 6) is 0.247. The second-order valence-corrected chi connectivity index (χ2v) is 6.01. The Morgan fingerprint density at radius 1 is 1.29 bits per heavy atom. The van der Waals surface area contributed by atoms with Crippen molar-refractivity contribution in [1.82, 2.24) is 4.98 Å². The van der Waals surface area contributed by atoms with Crippen LogP contribution in [0.1, 0.15) is 13.3 Å². The van der Waals surface area contributed by atoms with Gasteiger partial charge in [0.05, 0.1) is 15.5 Å². The van der Waals surface area contributed by atoms with Gasteiger partial charge in [0.15, 0.2) is 5.58 Å². The number of fused-ring (bicyclic) bond motifs is 1. The van der Waals surface area contributed by atoms with E-state index in [0.717, 1.165) is 13.0 Å². The lowest BCUT2D eigenvalue weighted by atomic mass is 10.1. The number of benzene rings is 2. The first-order valence-corrected chi connectivity index (χ1v) is 8.03. The summed E-state index contributed by atoms with van der Waals surface area (Å²) in [4.78, 5) is 15.0. The highest BCUT2D eigenvalue weighted by atomic mass is 35.5. The highest BCUT2D eigenvalue weighted by Gasteiger charge is 2.18. The third-order valence-electron chi connectivity index (χ3n) is 3.42. The van der Waals surface area contributed by atoms with Crippen molar-refractivity contribution in [3.05, 3.63) is 50.5 Å². The van der Waals surface area contributed by atoms with Gasteiger partial charge in [-0.25, -0.2) is 4.98 Å². The van der Waals surface area contributed by atoms with E-state index < -0.39 is 4.92 Å². The molecule has 1 aromatic heterocycles. The fourth-order valence-corrected chi connectivity index (χ4v) is 2.83. The summed E-state index contributed by atoms with van der Waals surface area (Å²) in [6, 6.07) is 7.70. The second kappa shape index (κ2) is 6.67. The molecule has 1 N–H and O–H groups in total. The van der Waals surface area contributed by atoms with E-state index in [1.165, 1.54) is 12.1 Å². The first kappa shape index (κ1) is 16.5. The monoisotopic (exact) mass is 365 g/mol. The minimum Gasteiger partial charge on any atom is -0.434 e. The van der Waals surface area contributed by atoms with Crippen LogP contribution in [0.15, 0.2) is 34.7 Å². The summed E-state index contributed by atoms with van der Waals surface area (Å²) in [7, 11) is 0. The maximum absolute atomic E-state index is 11.1. The number of anilines is 1. The average molecular weight is 366 g/mol. The van der Waals surface area contributed by atoms with E-state index in [4.69, 9.17) is 27.6 Å². The summed E-state index contributed by atoms with van der Waals surface area (Å²) >= 11 is 12.1. The van der Waals surface area contributed by atoms with Gasteiger partial charge in [0.1, 0.15) is 5.52 Å². The maximum atomic E-state index is 11.1.